The van der Waals surface area contributed by atoms with E-state index >= 15 is 0 Å². The molecule has 3 N–H and O–H groups in total. The maximum absolute atomic E-state index is 11.6. The van der Waals surface area contributed by atoms with Gasteiger partial charge in [-0.1, -0.05) is 13.0 Å². The van der Waals surface area contributed by atoms with Crippen LogP contribution in [0.3, 0.4) is 0 Å². The van der Waals surface area contributed by atoms with Crippen LogP contribution in [0.15, 0.2) is 24.5 Å². The molecule has 0 bridgehead atoms. The topological polar surface area (TPSA) is 68.0 Å². The third-order valence-electron chi connectivity index (χ3n) is 2.43. The van der Waals surface area contributed by atoms with E-state index in [-0.39, 0.29) is 5.91 Å². The monoisotopic (exact) mass is 207 g/mol. The van der Waals surface area contributed by atoms with E-state index in [2.05, 4.69) is 10.3 Å². The predicted octanol–water partition coefficient (Wildman–Crippen LogP) is 0.825. The van der Waals surface area contributed by atoms with Crippen molar-refractivity contribution in [3.05, 3.63) is 30.1 Å². The second kappa shape index (κ2) is 4.89. The lowest BCUT2D eigenvalue weighted by Crippen LogP contribution is -2.50. The first-order valence-electron chi connectivity index (χ1n) is 5.02. The number of amides is 1. The van der Waals surface area contributed by atoms with Gasteiger partial charge in [-0.25, -0.2) is 0 Å². The number of hydrogen-bond donors (Lipinski definition) is 2. The lowest BCUT2D eigenvalue weighted by Gasteiger charge is -2.21. The summed E-state index contributed by atoms with van der Waals surface area (Å²) in [5, 5.41) is 2.79. The SMILES string of the molecule is CCC(C)(N)C(=O)NCc1cccnc1. The molecule has 0 saturated carbocycles. The summed E-state index contributed by atoms with van der Waals surface area (Å²) in [6, 6.07) is 3.75. The quantitative estimate of drug-likeness (QED) is 0.768. The number of nitrogens with one attached hydrogen (secondary N) is 1. The van der Waals surface area contributed by atoms with Crippen molar-refractivity contribution in [1.82, 2.24) is 10.3 Å². The molecule has 0 aliphatic rings. The van der Waals surface area contributed by atoms with Crippen LogP contribution in [0.1, 0.15) is 25.8 Å². The van der Waals surface area contributed by atoms with E-state index < -0.39 is 5.54 Å². The van der Waals surface area contributed by atoms with Crippen LogP contribution in [-0.4, -0.2) is 16.4 Å². The van der Waals surface area contributed by atoms with Gasteiger partial charge in [0.1, 0.15) is 0 Å². The van der Waals surface area contributed by atoms with Crippen LogP contribution in [0.5, 0.6) is 0 Å². The zero-order valence-corrected chi connectivity index (χ0v) is 9.16. The fourth-order valence-electron chi connectivity index (χ4n) is 1.05. The van der Waals surface area contributed by atoms with Crippen molar-refractivity contribution in [2.75, 3.05) is 0 Å². The first-order valence-corrected chi connectivity index (χ1v) is 5.02. The molecule has 4 heteroatoms. The predicted molar refractivity (Wildman–Crippen MR) is 59.0 cm³/mol. The summed E-state index contributed by atoms with van der Waals surface area (Å²) >= 11 is 0. The van der Waals surface area contributed by atoms with Crippen LogP contribution in [0.25, 0.3) is 0 Å². The smallest absolute Gasteiger partial charge is 0.240 e. The van der Waals surface area contributed by atoms with Crippen molar-refractivity contribution in [2.24, 2.45) is 5.73 Å². The zero-order chi connectivity index (χ0) is 11.3. The van der Waals surface area contributed by atoms with Crippen LogP contribution in [-0.2, 0) is 11.3 Å². The largest absolute Gasteiger partial charge is 0.350 e. The van der Waals surface area contributed by atoms with Crippen LogP contribution in [0, 0.1) is 0 Å². The van der Waals surface area contributed by atoms with Gasteiger partial charge in [-0.15, -0.1) is 0 Å². The number of pyridine rings is 1. The van der Waals surface area contributed by atoms with Crippen LogP contribution < -0.4 is 11.1 Å². The Bertz CT molecular complexity index is 322. The average molecular weight is 207 g/mol. The Morgan fingerprint density at radius 2 is 2.40 bits per heavy atom. The van der Waals surface area contributed by atoms with Gasteiger partial charge < -0.3 is 11.1 Å². The molecule has 15 heavy (non-hydrogen) atoms. The summed E-state index contributed by atoms with van der Waals surface area (Å²) in [7, 11) is 0. The van der Waals surface area contributed by atoms with Crippen LogP contribution >= 0.6 is 0 Å². The second-order valence-corrected chi connectivity index (χ2v) is 3.81. The molecule has 0 aromatic carbocycles. The van der Waals surface area contributed by atoms with Crippen molar-refractivity contribution in [3.8, 4) is 0 Å². The number of carbonyl (C=O) groups excluding carboxylic acids is 1. The molecule has 1 aromatic heterocycles. The molecule has 4 nitrogen and oxygen atoms in total. The molecule has 0 saturated heterocycles. The highest BCUT2D eigenvalue weighted by molar-refractivity contribution is 5.85. The molecule has 1 aromatic rings. The van der Waals surface area contributed by atoms with Crippen molar-refractivity contribution >= 4 is 5.91 Å². The number of nitrogens with two attached hydrogens (primary N) is 1. The zero-order valence-electron chi connectivity index (χ0n) is 9.16. The Morgan fingerprint density at radius 3 is 2.93 bits per heavy atom. The summed E-state index contributed by atoms with van der Waals surface area (Å²) in [5.74, 6) is -0.131. The number of nitrogens with zero attached hydrogens (tertiary/aromatic N) is 1. The van der Waals surface area contributed by atoms with Gasteiger partial charge in [0.25, 0.3) is 0 Å². The van der Waals surface area contributed by atoms with Crippen LogP contribution in [0.4, 0.5) is 0 Å². The molecule has 1 unspecified atom stereocenters. The second-order valence-electron chi connectivity index (χ2n) is 3.81. The number of aromatic nitrogens is 1. The Labute approximate surface area is 89.9 Å². The van der Waals surface area contributed by atoms with E-state index in [0.29, 0.717) is 13.0 Å². The third kappa shape index (κ3) is 3.32. The van der Waals surface area contributed by atoms with Crippen molar-refractivity contribution in [2.45, 2.75) is 32.4 Å². The highest BCUT2D eigenvalue weighted by atomic mass is 16.2. The van der Waals surface area contributed by atoms with Crippen LogP contribution in [0.2, 0.25) is 0 Å². The third-order valence-corrected chi connectivity index (χ3v) is 2.43. The number of hydrogen-bond acceptors (Lipinski definition) is 3. The van der Waals surface area contributed by atoms with Crippen molar-refractivity contribution in [1.29, 1.82) is 0 Å². The van der Waals surface area contributed by atoms with Gasteiger partial charge in [0.15, 0.2) is 0 Å². The first kappa shape index (κ1) is 11.7. The fourth-order valence-corrected chi connectivity index (χ4v) is 1.05. The molecular weight excluding hydrogens is 190 g/mol. The molecule has 82 valence electrons. The lowest BCUT2D eigenvalue weighted by molar-refractivity contribution is -0.126. The van der Waals surface area contributed by atoms with Crippen molar-refractivity contribution in [3.63, 3.8) is 0 Å². The maximum atomic E-state index is 11.6. The minimum atomic E-state index is -0.789. The molecule has 0 aliphatic heterocycles. The van der Waals surface area contributed by atoms with Gasteiger partial charge in [-0.2, -0.15) is 0 Å². The molecular formula is C11H17N3O. The Morgan fingerprint density at radius 1 is 1.67 bits per heavy atom. The number of carbonyl (C=O) groups is 1. The summed E-state index contributed by atoms with van der Waals surface area (Å²) in [5.41, 5.74) is 5.98. The molecule has 0 spiro atoms. The molecule has 0 aliphatic carbocycles. The summed E-state index contributed by atoms with van der Waals surface area (Å²) in [6.45, 7) is 4.09. The summed E-state index contributed by atoms with van der Waals surface area (Å²) < 4.78 is 0. The highest BCUT2D eigenvalue weighted by Gasteiger charge is 2.25. The molecule has 1 atom stereocenters. The Hall–Kier alpha value is -1.42. The van der Waals surface area contributed by atoms with E-state index in [0.717, 1.165) is 5.56 Å². The normalized spacial score (nSPS) is 14.3. The van der Waals surface area contributed by atoms with Gasteiger partial charge in [-0.3, -0.25) is 9.78 Å². The molecule has 1 rings (SSSR count). The maximum Gasteiger partial charge on any atom is 0.240 e. The Balaban J connectivity index is 2.48. The minimum Gasteiger partial charge on any atom is -0.350 e. The average Bonchev–Trinajstić information content (AvgIpc) is 2.27. The molecule has 1 heterocycles. The van der Waals surface area contributed by atoms with E-state index in [9.17, 15) is 4.79 Å². The van der Waals surface area contributed by atoms with E-state index in [1.807, 2.05) is 19.1 Å². The number of rotatable bonds is 4. The van der Waals surface area contributed by atoms with E-state index in [4.69, 9.17) is 5.73 Å². The molecule has 0 radical (unpaired) electrons. The van der Waals surface area contributed by atoms with Gasteiger partial charge in [0.05, 0.1) is 5.54 Å². The van der Waals surface area contributed by atoms with Crippen molar-refractivity contribution < 1.29 is 4.79 Å². The lowest BCUT2D eigenvalue weighted by atomic mass is 9.99. The van der Waals surface area contributed by atoms with Gasteiger partial charge in [0.2, 0.25) is 5.91 Å². The fraction of sp³-hybridized carbons (Fsp3) is 0.455. The van der Waals surface area contributed by atoms with E-state index in [1.54, 1.807) is 19.3 Å². The van der Waals surface area contributed by atoms with E-state index in [1.165, 1.54) is 0 Å². The van der Waals surface area contributed by atoms with Gasteiger partial charge in [-0.05, 0) is 25.0 Å². The Kier molecular flexibility index (Phi) is 3.80. The standard InChI is InChI=1S/C11H17N3O/c1-3-11(2,12)10(15)14-8-9-5-4-6-13-7-9/h4-7H,3,8,12H2,1-2H3,(H,14,15). The minimum absolute atomic E-state index is 0.131. The molecule has 0 fully saturated rings. The summed E-state index contributed by atoms with van der Waals surface area (Å²) in [6.07, 6.45) is 4.04. The first-order chi connectivity index (χ1) is 7.06. The van der Waals surface area contributed by atoms with Gasteiger partial charge >= 0.3 is 0 Å². The molecule has 1 amide bonds. The van der Waals surface area contributed by atoms with Gasteiger partial charge in [0, 0.05) is 18.9 Å². The summed E-state index contributed by atoms with van der Waals surface area (Å²) in [4.78, 5) is 15.6. The highest BCUT2D eigenvalue weighted by Crippen LogP contribution is 2.05.